The molecule has 1 atom stereocenters. The minimum atomic E-state index is -1.09. The van der Waals surface area contributed by atoms with Gasteiger partial charge in [0.2, 0.25) is 5.89 Å². The maximum Gasteiger partial charge on any atom is 0.220 e. The van der Waals surface area contributed by atoms with E-state index in [1.165, 1.54) is 12.3 Å². The number of nitriles is 1. The third-order valence-corrected chi connectivity index (χ3v) is 3.22. The van der Waals surface area contributed by atoms with E-state index in [1.54, 1.807) is 18.2 Å². The van der Waals surface area contributed by atoms with Crippen LogP contribution in [0.4, 0.5) is 0 Å². The minimum absolute atomic E-state index is 0.0935. The van der Waals surface area contributed by atoms with Crippen LogP contribution in [-0.4, -0.2) is 10.8 Å². The molecule has 0 amide bonds. The van der Waals surface area contributed by atoms with Crippen molar-refractivity contribution in [3.05, 3.63) is 52.7 Å². The number of para-hydroxylation sites is 2. The molecule has 0 radical (unpaired) electrons. The third kappa shape index (κ3) is 2.12. The Morgan fingerprint density at radius 3 is 2.85 bits per heavy atom. The van der Waals surface area contributed by atoms with Crippen LogP contribution in [0.15, 0.2) is 50.1 Å². The molecule has 0 bridgehead atoms. The molecule has 0 saturated carbocycles. The van der Waals surface area contributed by atoms with Crippen LogP contribution in [-0.2, 0) is 0 Å². The normalized spacial score (nSPS) is 12.2. The predicted octanol–water partition coefficient (Wildman–Crippen LogP) is 3.67. The van der Waals surface area contributed by atoms with Gasteiger partial charge in [0, 0.05) is 6.07 Å². The molecule has 6 heteroatoms. The standard InChI is InChI=1S/C14H7BrN2O3/c15-12-5-8(7-19-12)13(18)9(6-16)14-17-10-3-1-2-4-11(10)20-14/h1-5,7,9H/t9-/m0/s1. The van der Waals surface area contributed by atoms with Crippen molar-refractivity contribution in [3.63, 3.8) is 0 Å². The SMILES string of the molecule is N#C[C@@H](C(=O)c1coc(Br)c1)c1nc2ccccc2o1. The van der Waals surface area contributed by atoms with Crippen molar-refractivity contribution in [2.24, 2.45) is 0 Å². The highest BCUT2D eigenvalue weighted by Crippen LogP contribution is 2.25. The summed E-state index contributed by atoms with van der Waals surface area (Å²) < 4.78 is 10.9. The summed E-state index contributed by atoms with van der Waals surface area (Å²) in [5.41, 5.74) is 1.46. The molecule has 3 rings (SSSR count). The smallest absolute Gasteiger partial charge is 0.220 e. The van der Waals surface area contributed by atoms with Crippen LogP contribution in [0.1, 0.15) is 22.2 Å². The van der Waals surface area contributed by atoms with Crippen LogP contribution < -0.4 is 0 Å². The molecular formula is C14H7BrN2O3. The molecule has 2 heterocycles. The number of furan rings is 1. The first-order valence-corrected chi connectivity index (χ1v) is 6.51. The molecular weight excluding hydrogens is 324 g/mol. The third-order valence-electron chi connectivity index (χ3n) is 2.80. The van der Waals surface area contributed by atoms with E-state index in [4.69, 9.17) is 8.83 Å². The van der Waals surface area contributed by atoms with Gasteiger partial charge in [-0.15, -0.1) is 0 Å². The second-order valence-corrected chi connectivity index (χ2v) is 4.87. The van der Waals surface area contributed by atoms with Gasteiger partial charge in [-0.2, -0.15) is 5.26 Å². The van der Waals surface area contributed by atoms with Crippen LogP contribution >= 0.6 is 15.9 Å². The Balaban J connectivity index is 2.01. The fourth-order valence-electron chi connectivity index (χ4n) is 1.85. The van der Waals surface area contributed by atoms with Crippen molar-refractivity contribution >= 4 is 32.8 Å². The Hall–Kier alpha value is -2.39. The Kier molecular flexibility index (Phi) is 3.12. The number of nitrogens with zero attached hydrogens (tertiary/aromatic N) is 2. The highest BCUT2D eigenvalue weighted by molar-refractivity contribution is 9.10. The molecule has 0 aliphatic heterocycles. The van der Waals surface area contributed by atoms with Crippen molar-refractivity contribution < 1.29 is 13.6 Å². The lowest BCUT2D eigenvalue weighted by molar-refractivity contribution is 0.0969. The summed E-state index contributed by atoms with van der Waals surface area (Å²) in [6.45, 7) is 0. The number of carbonyl (C=O) groups excluding carboxylic acids is 1. The van der Waals surface area contributed by atoms with Gasteiger partial charge >= 0.3 is 0 Å². The molecule has 98 valence electrons. The number of aromatic nitrogens is 1. The van der Waals surface area contributed by atoms with E-state index in [1.807, 2.05) is 12.1 Å². The topological polar surface area (TPSA) is 80.0 Å². The number of Topliss-reactive ketones (excluding diaryl/α,β-unsaturated/α-hetero) is 1. The number of fused-ring (bicyclic) bond motifs is 1. The van der Waals surface area contributed by atoms with E-state index in [0.29, 0.717) is 21.3 Å². The molecule has 0 saturated heterocycles. The first-order chi connectivity index (χ1) is 9.69. The monoisotopic (exact) mass is 330 g/mol. The quantitative estimate of drug-likeness (QED) is 0.684. The molecule has 20 heavy (non-hydrogen) atoms. The lowest BCUT2D eigenvalue weighted by atomic mass is 10.0. The van der Waals surface area contributed by atoms with Gasteiger partial charge in [0.05, 0.1) is 11.6 Å². The number of halogens is 1. The van der Waals surface area contributed by atoms with Gasteiger partial charge in [0.25, 0.3) is 0 Å². The molecule has 1 aromatic carbocycles. The van der Waals surface area contributed by atoms with Crippen molar-refractivity contribution in [3.8, 4) is 6.07 Å². The fraction of sp³-hybridized carbons (Fsp3) is 0.0714. The first-order valence-electron chi connectivity index (χ1n) is 5.72. The summed E-state index contributed by atoms with van der Waals surface area (Å²) in [6.07, 6.45) is 1.29. The molecule has 0 spiro atoms. The zero-order valence-corrected chi connectivity index (χ0v) is 11.6. The minimum Gasteiger partial charge on any atom is -0.457 e. The van der Waals surface area contributed by atoms with E-state index in [9.17, 15) is 10.1 Å². The molecule has 0 fully saturated rings. The van der Waals surface area contributed by atoms with E-state index < -0.39 is 11.7 Å². The second kappa shape index (κ2) is 4.94. The summed E-state index contributed by atoms with van der Waals surface area (Å²) in [4.78, 5) is 16.4. The molecule has 0 unspecified atom stereocenters. The lowest BCUT2D eigenvalue weighted by Gasteiger charge is -2.00. The van der Waals surface area contributed by atoms with Crippen LogP contribution in [0.5, 0.6) is 0 Å². The van der Waals surface area contributed by atoms with Gasteiger partial charge in [-0.05, 0) is 28.1 Å². The molecule has 0 aliphatic carbocycles. The number of hydrogen-bond acceptors (Lipinski definition) is 5. The Morgan fingerprint density at radius 1 is 1.40 bits per heavy atom. The Labute approximate surface area is 121 Å². The number of carbonyl (C=O) groups is 1. The van der Waals surface area contributed by atoms with Gasteiger partial charge in [0.1, 0.15) is 11.8 Å². The molecule has 3 aromatic rings. The highest BCUT2D eigenvalue weighted by atomic mass is 79.9. The van der Waals surface area contributed by atoms with Crippen LogP contribution in [0.2, 0.25) is 0 Å². The Bertz CT molecular complexity index is 795. The van der Waals surface area contributed by atoms with Gasteiger partial charge in [-0.25, -0.2) is 4.98 Å². The Morgan fingerprint density at radius 2 is 2.20 bits per heavy atom. The van der Waals surface area contributed by atoms with Gasteiger partial charge in [-0.1, -0.05) is 12.1 Å². The maximum absolute atomic E-state index is 12.3. The number of ketones is 1. The zero-order valence-electron chi connectivity index (χ0n) is 10.0. The van der Waals surface area contributed by atoms with E-state index in [2.05, 4.69) is 20.9 Å². The van der Waals surface area contributed by atoms with Crippen molar-refractivity contribution in [2.75, 3.05) is 0 Å². The van der Waals surface area contributed by atoms with E-state index in [0.717, 1.165) is 0 Å². The average Bonchev–Trinajstić information content (AvgIpc) is 3.05. The zero-order chi connectivity index (χ0) is 14.1. The van der Waals surface area contributed by atoms with E-state index in [-0.39, 0.29) is 5.89 Å². The fourth-order valence-corrected chi connectivity index (χ4v) is 2.19. The van der Waals surface area contributed by atoms with Crippen LogP contribution in [0.25, 0.3) is 11.1 Å². The van der Waals surface area contributed by atoms with Gasteiger partial charge in [0.15, 0.2) is 22.0 Å². The van der Waals surface area contributed by atoms with Crippen LogP contribution in [0, 0.1) is 11.3 Å². The summed E-state index contributed by atoms with van der Waals surface area (Å²) in [6, 6.07) is 10.5. The van der Waals surface area contributed by atoms with Crippen LogP contribution in [0.3, 0.4) is 0 Å². The van der Waals surface area contributed by atoms with Crippen molar-refractivity contribution in [2.45, 2.75) is 5.92 Å². The largest absolute Gasteiger partial charge is 0.457 e. The molecule has 0 aliphatic rings. The summed E-state index contributed by atoms with van der Waals surface area (Å²) >= 11 is 3.11. The summed E-state index contributed by atoms with van der Waals surface area (Å²) in [5, 5.41) is 9.23. The van der Waals surface area contributed by atoms with Gasteiger partial charge < -0.3 is 8.83 Å². The molecule has 5 nitrogen and oxygen atoms in total. The summed E-state index contributed by atoms with van der Waals surface area (Å²) in [7, 11) is 0. The number of hydrogen-bond donors (Lipinski definition) is 0. The lowest BCUT2D eigenvalue weighted by Crippen LogP contribution is -2.10. The summed E-state index contributed by atoms with van der Waals surface area (Å²) in [5.74, 6) is -1.41. The number of oxazole rings is 1. The van der Waals surface area contributed by atoms with Crippen molar-refractivity contribution in [1.29, 1.82) is 5.26 Å². The maximum atomic E-state index is 12.3. The first kappa shape index (κ1) is 12.6. The molecule has 2 aromatic heterocycles. The van der Waals surface area contributed by atoms with Gasteiger partial charge in [-0.3, -0.25) is 4.79 Å². The number of rotatable bonds is 3. The van der Waals surface area contributed by atoms with Crippen molar-refractivity contribution in [1.82, 2.24) is 4.98 Å². The molecule has 0 N–H and O–H groups in total. The predicted molar refractivity (Wildman–Crippen MR) is 73.1 cm³/mol. The average molecular weight is 331 g/mol. The highest BCUT2D eigenvalue weighted by Gasteiger charge is 2.28. The second-order valence-electron chi connectivity index (χ2n) is 4.09. The van der Waals surface area contributed by atoms with E-state index >= 15 is 0 Å². The number of benzene rings is 1.